The number of benzene rings is 1. The number of carboxylic acid groups (broad SMARTS) is 1. The zero-order valence-electron chi connectivity index (χ0n) is 13.3. The van der Waals surface area contributed by atoms with Crippen molar-refractivity contribution in [3.8, 4) is 0 Å². The second kappa shape index (κ2) is 6.01. The quantitative estimate of drug-likeness (QED) is 0.748. The molecule has 0 amide bonds. The molecule has 0 aliphatic heterocycles. The van der Waals surface area contributed by atoms with E-state index in [-0.39, 0.29) is 30.7 Å². The van der Waals surface area contributed by atoms with Crippen molar-refractivity contribution >= 4 is 5.97 Å². The van der Waals surface area contributed by atoms with Crippen molar-refractivity contribution in [3.63, 3.8) is 0 Å². The number of rotatable bonds is 5. The maximum atomic E-state index is 13.2. The van der Waals surface area contributed by atoms with Gasteiger partial charge in [-0.2, -0.15) is 13.2 Å². The molecule has 7 heteroatoms. The van der Waals surface area contributed by atoms with Crippen LogP contribution in [0.3, 0.4) is 0 Å². The topological polar surface area (TPSA) is 37.3 Å². The van der Waals surface area contributed by atoms with Gasteiger partial charge in [0.05, 0.1) is 5.92 Å². The molecule has 1 fully saturated rings. The molecule has 1 aliphatic carbocycles. The van der Waals surface area contributed by atoms with Crippen LogP contribution in [0.5, 0.6) is 0 Å². The third kappa shape index (κ3) is 3.13. The van der Waals surface area contributed by atoms with Crippen LogP contribution in [0.25, 0.3) is 0 Å². The predicted molar refractivity (Wildman–Crippen MR) is 78.2 cm³/mol. The monoisotopic (exact) mass is 350 g/mol. The summed E-state index contributed by atoms with van der Waals surface area (Å²) in [5.41, 5.74) is -1.46. The normalized spacial score (nSPS) is 21.6. The van der Waals surface area contributed by atoms with Gasteiger partial charge in [-0.1, -0.05) is 38.1 Å². The Labute approximate surface area is 136 Å². The molecule has 0 spiro atoms. The van der Waals surface area contributed by atoms with Crippen molar-refractivity contribution in [2.45, 2.75) is 56.5 Å². The fraction of sp³-hybridized carbons (Fsp3) is 0.588. The Morgan fingerprint density at radius 1 is 1.25 bits per heavy atom. The second-order valence-electron chi connectivity index (χ2n) is 6.48. The summed E-state index contributed by atoms with van der Waals surface area (Å²) in [4.78, 5) is 11.7. The number of carboxylic acids is 1. The number of aliphatic carboxylic acids is 1. The predicted octanol–water partition coefficient (Wildman–Crippen LogP) is 5.13. The first-order valence-corrected chi connectivity index (χ1v) is 7.72. The third-order valence-electron chi connectivity index (χ3n) is 5.16. The minimum absolute atomic E-state index is 0.0390. The molecule has 2 nitrogen and oxygen atoms in total. The number of alkyl halides is 5. The summed E-state index contributed by atoms with van der Waals surface area (Å²) >= 11 is 0. The van der Waals surface area contributed by atoms with E-state index in [2.05, 4.69) is 0 Å². The van der Waals surface area contributed by atoms with Crippen LogP contribution < -0.4 is 0 Å². The van der Waals surface area contributed by atoms with Gasteiger partial charge >= 0.3 is 12.1 Å². The molecule has 1 aromatic rings. The van der Waals surface area contributed by atoms with Gasteiger partial charge in [0.15, 0.2) is 0 Å². The smallest absolute Gasteiger partial charge is 0.392 e. The lowest BCUT2D eigenvalue weighted by Crippen LogP contribution is -2.47. The molecule has 0 heterocycles. The van der Waals surface area contributed by atoms with E-state index in [0.717, 1.165) is 6.92 Å². The number of halogens is 5. The molecule has 1 N–H and O–H groups in total. The minimum Gasteiger partial charge on any atom is -0.481 e. The zero-order valence-corrected chi connectivity index (χ0v) is 13.3. The summed E-state index contributed by atoms with van der Waals surface area (Å²) in [6, 6.07) is 5.58. The van der Waals surface area contributed by atoms with Gasteiger partial charge in [-0.3, -0.25) is 4.79 Å². The molecule has 134 valence electrons. The number of hydrogen-bond acceptors (Lipinski definition) is 1. The Morgan fingerprint density at radius 3 is 2.08 bits per heavy atom. The molecule has 0 bridgehead atoms. The average Bonchev–Trinajstić information content (AvgIpc) is 2.45. The van der Waals surface area contributed by atoms with E-state index in [9.17, 15) is 31.9 Å². The lowest BCUT2D eigenvalue weighted by atomic mass is 9.68. The molecule has 2 rings (SSSR count). The van der Waals surface area contributed by atoms with Crippen molar-refractivity contribution in [1.29, 1.82) is 0 Å². The summed E-state index contributed by atoms with van der Waals surface area (Å²) in [5.74, 6) is -6.65. The molecule has 2 atom stereocenters. The number of carbonyl (C=O) groups is 1. The van der Waals surface area contributed by atoms with E-state index in [1.807, 2.05) is 0 Å². The third-order valence-corrected chi connectivity index (χ3v) is 5.16. The van der Waals surface area contributed by atoms with Gasteiger partial charge in [-0.05, 0) is 23.5 Å². The van der Waals surface area contributed by atoms with Crippen LogP contribution in [0.4, 0.5) is 22.0 Å². The Morgan fingerprint density at radius 2 is 1.75 bits per heavy atom. The summed E-state index contributed by atoms with van der Waals surface area (Å²) in [6.45, 7) is 2.26. The van der Waals surface area contributed by atoms with E-state index >= 15 is 0 Å². The Balaban J connectivity index is 2.36. The molecule has 0 aromatic heterocycles. The van der Waals surface area contributed by atoms with Crippen molar-refractivity contribution in [1.82, 2.24) is 0 Å². The fourth-order valence-electron chi connectivity index (χ4n) is 3.45. The molecule has 0 radical (unpaired) electrons. The summed E-state index contributed by atoms with van der Waals surface area (Å²) < 4.78 is 65.4. The van der Waals surface area contributed by atoms with E-state index in [1.54, 1.807) is 0 Å². The van der Waals surface area contributed by atoms with Gasteiger partial charge in [0.25, 0.3) is 0 Å². The van der Waals surface area contributed by atoms with Crippen LogP contribution in [0, 0.1) is 5.92 Å². The first-order chi connectivity index (χ1) is 10.9. The van der Waals surface area contributed by atoms with Crippen LogP contribution >= 0.6 is 0 Å². The Bertz CT molecular complexity index is 600. The van der Waals surface area contributed by atoms with Gasteiger partial charge in [0.2, 0.25) is 5.92 Å². The van der Waals surface area contributed by atoms with E-state index < -0.39 is 29.4 Å². The van der Waals surface area contributed by atoms with Crippen LogP contribution in [-0.4, -0.2) is 23.2 Å². The van der Waals surface area contributed by atoms with Gasteiger partial charge in [0, 0.05) is 12.8 Å². The first-order valence-electron chi connectivity index (χ1n) is 7.72. The highest BCUT2D eigenvalue weighted by atomic mass is 19.4. The molecule has 0 saturated heterocycles. The molecule has 1 saturated carbocycles. The first kappa shape index (κ1) is 18.7. The number of hydrogen-bond donors (Lipinski definition) is 1. The fourth-order valence-corrected chi connectivity index (χ4v) is 3.45. The molecule has 1 aromatic carbocycles. The molecular weight excluding hydrogens is 331 g/mol. The lowest BCUT2D eigenvalue weighted by molar-refractivity contribution is -0.198. The second-order valence-corrected chi connectivity index (χ2v) is 6.48. The standard InChI is InChI=1S/C17H19F5O2/c1-3-16(14(23)24,10(2)17(20,21)22)13-6-4-11(5-7-13)12-8-15(18,19)9-12/h4-7,10,12H,3,8-9H2,1-2H3,(H,23,24)/t10-,16?/m1/s1. The lowest BCUT2D eigenvalue weighted by Gasteiger charge is -2.37. The molecule has 1 aliphatic rings. The average molecular weight is 350 g/mol. The molecule has 24 heavy (non-hydrogen) atoms. The zero-order chi connectivity index (χ0) is 18.3. The summed E-state index contributed by atoms with van der Waals surface area (Å²) in [7, 11) is 0. The van der Waals surface area contributed by atoms with Gasteiger partial charge < -0.3 is 5.11 Å². The van der Waals surface area contributed by atoms with Gasteiger partial charge in [0.1, 0.15) is 5.41 Å². The largest absolute Gasteiger partial charge is 0.481 e. The molecular formula is C17H19F5O2. The Hall–Kier alpha value is -1.66. The minimum atomic E-state index is -4.66. The van der Waals surface area contributed by atoms with Gasteiger partial charge in [-0.25, -0.2) is 8.78 Å². The van der Waals surface area contributed by atoms with E-state index in [4.69, 9.17) is 0 Å². The van der Waals surface area contributed by atoms with Crippen LogP contribution in [0.2, 0.25) is 0 Å². The summed E-state index contributed by atoms with van der Waals surface area (Å²) in [5, 5.41) is 9.52. The van der Waals surface area contributed by atoms with Crippen molar-refractivity contribution < 1.29 is 31.9 Å². The maximum absolute atomic E-state index is 13.2. The van der Waals surface area contributed by atoms with Gasteiger partial charge in [-0.15, -0.1) is 0 Å². The maximum Gasteiger partial charge on any atom is 0.392 e. The van der Waals surface area contributed by atoms with E-state index in [1.165, 1.54) is 31.2 Å². The Kier molecular flexibility index (Phi) is 4.67. The van der Waals surface area contributed by atoms with Crippen LogP contribution in [0.15, 0.2) is 24.3 Å². The highest BCUT2D eigenvalue weighted by Gasteiger charge is 2.55. The highest BCUT2D eigenvalue weighted by Crippen LogP contribution is 2.49. The van der Waals surface area contributed by atoms with Crippen LogP contribution in [0.1, 0.15) is 50.2 Å². The van der Waals surface area contributed by atoms with E-state index in [0.29, 0.717) is 5.56 Å². The van der Waals surface area contributed by atoms with Crippen LogP contribution in [-0.2, 0) is 10.2 Å². The van der Waals surface area contributed by atoms with Crippen molar-refractivity contribution in [2.75, 3.05) is 0 Å². The van der Waals surface area contributed by atoms with Crippen molar-refractivity contribution in [2.24, 2.45) is 5.92 Å². The van der Waals surface area contributed by atoms with Crippen molar-refractivity contribution in [3.05, 3.63) is 35.4 Å². The summed E-state index contributed by atoms with van der Waals surface area (Å²) in [6.07, 6.45) is -5.47. The SMILES string of the molecule is CCC(C(=O)O)(c1ccc(C2CC(F)(F)C2)cc1)[C@@H](C)C(F)(F)F. The highest BCUT2D eigenvalue weighted by molar-refractivity contribution is 5.82. The molecule has 1 unspecified atom stereocenters.